The predicted molar refractivity (Wildman–Crippen MR) is 160 cm³/mol. The molecule has 3 rings (SSSR count). The van der Waals surface area contributed by atoms with Gasteiger partial charge in [-0.3, -0.25) is 0 Å². The summed E-state index contributed by atoms with van der Waals surface area (Å²) >= 11 is 4.29. The highest BCUT2D eigenvalue weighted by atomic mass is 79.9. The van der Waals surface area contributed by atoms with Crippen LogP contribution in [0, 0.1) is 23.7 Å². The van der Waals surface area contributed by atoms with Gasteiger partial charge in [0.05, 0.1) is 6.10 Å². The smallest absolute Gasteiger partial charge is 0.0855 e. The summed E-state index contributed by atoms with van der Waals surface area (Å²) < 4.78 is 7.11. The SMILES string of the molecule is CC(C)CC(Br)(CCC(C1CCCCC1)C(OCCCc1ccccc1)c1ccccc1)CC(C)C. The van der Waals surface area contributed by atoms with Crippen molar-refractivity contribution in [3.8, 4) is 0 Å². The minimum absolute atomic E-state index is 0.194. The molecule has 2 aromatic rings. The summed E-state index contributed by atoms with van der Waals surface area (Å²) in [5.74, 6) is 2.76. The van der Waals surface area contributed by atoms with E-state index < -0.39 is 0 Å². The lowest BCUT2D eigenvalue weighted by atomic mass is 9.72. The first-order valence-electron chi connectivity index (χ1n) is 14.8. The van der Waals surface area contributed by atoms with Crippen molar-refractivity contribution >= 4 is 15.9 Å². The zero-order valence-electron chi connectivity index (χ0n) is 23.4. The molecule has 1 aliphatic carbocycles. The van der Waals surface area contributed by atoms with Gasteiger partial charge in [-0.05, 0) is 73.3 Å². The number of alkyl halides is 1. The quantitative estimate of drug-likeness (QED) is 0.157. The number of aryl methyl sites for hydroxylation is 1. The fourth-order valence-electron chi connectivity index (χ4n) is 6.61. The third-order valence-corrected chi connectivity index (χ3v) is 9.04. The minimum atomic E-state index is 0.194. The van der Waals surface area contributed by atoms with Crippen LogP contribution in [0.5, 0.6) is 0 Å². The number of benzene rings is 2. The molecule has 0 spiro atoms. The number of hydrogen-bond acceptors (Lipinski definition) is 1. The first kappa shape index (κ1) is 29.4. The second-order valence-corrected chi connectivity index (χ2v) is 13.9. The molecule has 0 aromatic heterocycles. The van der Waals surface area contributed by atoms with E-state index in [4.69, 9.17) is 4.74 Å². The van der Waals surface area contributed by atoms with Crippen LogP contribution in [-0.2, 0) is 11.2 Å². The van der Waals surface area contributed by atoms with Gasteiger partial charge in [0, 0.05) is 10.9 Å². The molecule has 1 aliphatic rings. The second kappa shape index (κ2) is 15.3. The summed E-state index contributed by atoms with van der Waals surface area (Å²) in [6.45, 7) is 10.3. The number of ether oxygens (including phenoxy) is 1. The van der Waals surface area contributed by atoms with Gasteiger partial charge in [-0.1, -0.05) is 136 Å². The monoisotopic (exact) mass is 554 g/mol. The minimum Gasteiger partial charge on any atom is -0.373 e. The van der Waals surface area contributed by atoms with Crippen molar-refractivity contribution in [3.63, 3.8) is 0 Å². The molecular formula is C34H51BrO. The van der Waals surface area contributed by atoms with Gasteiger partial charge in [-0.25, -0.2) is 0 Å². The van der Waals surface area contributed by atoms with Crippen LogP contribution >= 0.6 is 15.9 Å². The Bertz CT molecular complexity index is 815. The lowest BCUT2D eigenvalue weighted by Gasteiger charge is -2.39. The molecule has 36 heavy (non-hydrogen) atoms. The normalized spacial score (nSPS) is 17.0. The molecule has 0 radical (unpaired) electrons. The number of halogens is 1. The lowest BCUT2D eigenvalue weighted by molar-refractivity contribution is -0.0221. The van der Waals surface area contributed by atoms with Crippen molar-refractivity contribution in [2.75, 3.05) is 6.61 Å². The molecule has 2 heteroatoms. The Balaban J connectivity index is 1.77. The molecule has 0 N–H and O–H groups in total. The molecule has 1 fully saturated rings. The maximum atomic E-state index is 6.88. The Hall–Kier alpha value is -1.12. The third kappa shape index (κ3) is 9.97. The number of hydrogen-bond donors (Lipinski definition) is 0. The van der Waals surface area contributed by atoms with Crippen molar-refractivity contribution in [1.29, 1.82) is 0 Å². The molecule has 0 saturated heterocycles. The Labute approximate surface area is 230 Å². The van der Waals surface area contributed by atoms with Gasteiger partial charge in [-0.2, -0.15) is 0 Å². The molecule has 200 valence electrons. The largest absolute Gasteiger partial charge is 0.373 e. The van der Waals surface area contributed by atoms with Crippen molar-refractivity contribution in [2.45, 2.75) is 109 Å². The van der Waals surface area contributed by atoms with E-state index in [0.29, 0.717) is 17.8 Å². The van der Waals surface area contributed by atoms with Crippen molar-refractivity contribution in [3.05, 3.63) is 71.8 Å². The highest BCUT2D eigenvalue weighted by molar-refractivity contribution is 9.10. The van der Waals surface area contributed by atoms with Crippen molar-refractivity contribution in [2.24, 2.45) is 23.7 Å². The van der Waals surface area contributed by atoms with Crippen LogP contribution in [0.1, 0.15) is 109 Å². The van der Waals surface area contributed by atoms with E-state index in [-0.39, 0.29) is 10.4 Å². The predicted octanol–water partition coefficient (Wildman–Crippen LogP) is 10.6. The summed E-state index contributed by atoms with van der Waals surface area (Å²) in [4.78, 5) is 0. The Morgan fingerprint density at radius 3 is 2.00 bits per heavy atom. The van der Waals surface area contributed by atoms with Crippen LogP contribution in [-0.4, -0.2) is 10.9 Å². The summed E-state index contributed by atoms with van der Waals surface area (Å²) in [6, 6.07) is 22.0. The highest BCUT2D eigenvalue weighted by Crippen LogP contribution is 2.45. The van der Waals surface area contributed by atoms with E-state index in [1.807, 2.05) is 0 Å². The molecule has 2 aromatic carbocycles. The average Bonchev–Trinajstić information content (AvgIpc) is 2.86. The molecule has 0 heterocycles. The fraction of sp³-hybridized carbons (Fsp3) is 0.647. The molecule has 0 bridgehead atoms. The van der Waals surface area contributed by atoms with E-state index in [2.05, 4.69) is 104 Å². The van der Waals surface area contributed by atoms with Crippen LogP contribution < -0.4 is 0 Å². The van der Waals surface area contributed by atoms with Crippen LogP contribution in [0.2, 0.25) is 0 Å². The van der Waals surface area contributed by atoms with Crippen LogP contribution in [0.3, 0.4) is 0 Å². The summed E-state index contributed by atoms with van der Waals surface area (Å²) in [6.07, 6.45) is 14.2. The van der Waals surface area contributed by atoms with Crippen LogP contribution in [0.15, 0.2) is 60.7 Å². The summed E-state index contributed by atoms with van der Waals surface area (Å²) in [7, 11) is 0. The second-order valence-electron chi connectivity index (χ2n) is 12.2. The number of rotatable bonds is 15. The van der Waals surface area contributed by atoms with E-state index >= 15 is 0 Å². The molecule has 1 nitrogen and oxygen atoms in total. The zero-order chi connectivity index (χ0) is 25.8. The highest BCUT2D eigenvalue weighted by Gasteiger charge is 2.36. The first-order valence-corrected chi connectivity index (χ1v) is 15.5. The molecule has 0 aliphatic heterocycles. The molecule has 2 unspecified atom stereocenters. The Morgan fingerprint density at radius 2 is 1.42 bits per heavy atom. The maximum Gasteiger partial charge on any atom is 0.0855 e. The van der Waals surface area contributed by atoms with Gasteiger partial charge >= 0.3 is 0 Å². The molecule has 2 atom stereocenters. The van der Waals surface area contributed by atoms with Crippen LogP contribution in [0.4, 0.5) is 0 Å². The van der Waals surface area contributed by atoms with E-state index in [1.165, 1.54) is 68.9 Å². The molecule has 1 saturated carbocycles. The van der Waals surface area contributed by atoms with Crippen molar-refractivity contribution < 1.29 is 4.74 Å². The fourth-order valence-corrected chi connectivity index (χ4v) is 8.14. The van der Waals surface area contributed by atoms with Gasteiger partial charge in [0.2, 0.25) is 0 Å². The zero-order valence-corrected chi connectivity index (χ0v) is 25.0. The van der Waals surface area contributed by atoms with Gasteiger partial charge in [0.1, 0.15) is 0 Å². The summed E-state index contributed by atoms with van der Waals surface area (Å²) in [5.41, 5.74) is 2.79. The third-order valence-electron chi connectivity index (χ3n) is 8.00. The van der Waals surface area contributed by atoms with E-state index in [9.17, 15) is 0 Å². The van der Waals surface area contributed by atoms with Gasteiger partial charge < -0.3 is 4.74 Å². The van der Waals surface area contributed by atoms with Crippen LogP contribution in [0.25, 0.3) is 0 Å². The van der Waals surface area contributed by atoms with E-state index in [0.717, 1.165) is 25.4 Å². The summed E-state index contributed by atoms with van der Waals surface area (Å²) in [5, 5.41) is 0. The topological polar surface area (TPSA) is 9.23 Å². The average molecular weight is 556 g/mol. The van der Waals surface area contributed by atoms with E-state index in [1.54, 1.807) is 0 Å². The van der Waals surface area contributed by atoms with Crippen molar-refractivity contribution in [1.82, 2.24) is 0 Å². The Kier molecular flexibility index (Phi) is 12.5. The first-order chi connectivity index (χ1) is 17.4. The molecule has 0 amide bonds. The maximum absolute atomic E-state index is 6.88. The van der Waals surface area contributed by atoms with Gasteiger partial charge in [0.15, 0.2) is 0 Å². The molecular weight excluding hydrogens is 504 g/mol. The standard InChI is InChI=1S/C34H51BrO/c1-27(2)25-34(35,26-28(3)4)23-22-32(30-18-10-6-11-19-30)33(31-20-12-7-13-21-31)36-24-14-17-29-15-8-5-9-16-29/h5,7-9,12-13,15-16,20-21,27-28,30,32-33H,6,10-11,14,17-19,22-26H2,1-4H3. The van der Waals surface area contributed by atoms with Gasteiger partial charge in [0.25, 0.3) is 0 Å². The lowest BCUT2D eigenvalue weighted by Crippen LogP contribution is -2.31. The Morgan fingerprint density at radius 1 is 0.833 bits per heavy atom. The van der Waals surface area contributed by atoms with Gasteiger partial charge in [-0.15, -0.1) is 0 Å².